The van der Waals surface area contributed by atoms with Gasteiger partial charge in [-0.25, -0.2) is 0 Å². The first-order valence-corrected chi connectivity index (χ1v) is 4.51. The summed E-state index contributed by atoms with van der Waals surface area (Å²) in [5.74, 6) is 0.0663. The van der Waals surface area contributed by atoms with Crippen LogP contribution in [-0.4, -0.2) is 10.8 Å². The maximum atomic E-state index is 10.7. The normalized spacial score (nSPS) is 11.2. The van der Waals surface area contributed by atoms with Gasteiger partial charge in [-0.3, -0.25) is 4.79 Å². The molecule has 0 saturated carbocycles. The van der Waals surface area contributed by atoms with E-state index in [1.165, 1.54) is 5.39 Å². The van der Waals surface area contributed by atoms with Crippen molar-refractivity contribution in [3.05, 3.63) is 42.1 Å². The molecule has 0 saturated heterocycles. The van der Waals surface area contributed by atoms with Crippen LogP contribution in [0.15, 0.2) is 36.5 Å². The molecule has 0 aliphatic rings. The lowest BCUT2D eigenvalue weighted by Gasteiger charge is -1.93. The van der Waals surface area contributed by atoms with Gasteiger partial charge in [0, 0.05) is 11.7 Å². The Balaban J connectivity index is 2.39. The van der Waals surface area contributed by atoms with E-state index in [1.54, 1.807) is 13.0 Å². The van der Waals surface area contributed by atoms with Crippen molar-refractivity contribution < 1.29 is 4.79 Å². The third-order valence-corrected chi connectivity index (χ3v) is 2.09. The average molecular weight is 185 g/mol. The average Bonchev–Trinajstić information content (AvgIpc) is 2.61. The fourth-order valence-corrected chi connectivity index (χ4v) is 1.38. The molecule has 2 nitrogen and oxygen atoms in total. The molecule has 2 rings (SSSR count). The molecule has 0 aliphatic carbocycles. The lowest BCUT2D eigenvalue weighted by Crippen LogP contribution is -1.80. The van der Waals surface area contributed by atoms with Gasteiger partial charge in [-0.2, -0.15) is 0 Å². The molecule has 0 unspecified atom stereocenters. The van der Waals surface area contributed by atoms with Crippen LogP contribution in [-0.2, 0) is 4.79 Å². The van der Waals surface area contributed by atoms with Gasteiger partial charge in [-0.1, -0.05) is 18.2 Å². The molecule has 0 radical (unpaired) electrons. The predicted octanol–water partition coefficient (Wildman–Crippen LogP) is 2.77. The highest BCUT2D eigenvalue weighted by Crippen LogP contribution is 2.14. The monoisotopic (exact) mass is 185 g/mol. The Labute approximate surface area is 82.3 Å². The number of hydrogen-bond donors (Lipinski definition) is 1. The summed E-state index contributed by atoms with van der Waals surface area (Å²) in [5, 5.41) is 1.19. The van der Waals surface area contributed by atoms with E-state index in [4.69, 9.17) is 0 Å². The Kier molecular flexibility index (Phi) is 2.19. The lowest BCUT2D eigenvalue weighted by molar-refractivity contribution is -0.112. The van der Waals surface area contributed by atoms with Crippen LogP contribution in [0, 0.1) is 0 Å². The molecule has 1 aromatic heterocycles. The Hall–Kier alpha value is -1.83. The summed E-state index contributed by atoms with van der Waals surface area (Å²) >= 11 is 0. The molecule has 1 N–H and O–H groups in total. The van der Waals surface area contributed by atoms with Gasteiger partial charge in [-0.05, 0) is 36.1 Å². The zero-order valence-corrected chi connectivity index (χ0v) is 7.95. The third kappa shape index (κ3) is 1.74. The third-order valence-electron chi connectivity index (χ3n) is 2.09. The van der Waals surface area contributed by atoms with Gasteiger partial charge in [0.2, 0.25) is 0 Å². The number of carbonyl (C=O) groups excluding carboxylic acids is 1. The van der Waals surface area contributed by atoms with Crippen molar-refractivity contribution in [2.24, 2.45) is 0 Å². The van der Waals surface area contributed by atoms with Gasteiger partial charge >= 0.3 is 0 Å². The highest BCUT2D eigenvalue weighted by Gasteiger charge is 1.94. The summed E-state index contributed by atoms with van der Waals surface area (Å²) < 4.78 is 0. The molecular formula is C12H11NO. The second kappa shape index (κ2) is 3.50. The lowest BCUT2D eigenvalue weighted by atomic mass is 10.1. The summed E-state index contributed by atoms with van der Waals surface area (Å²) in [7, 11) is 0. The van der Waals surface area contributed by atoms with Crippen molar-refractivity contribution in [2.75, 3.05) is 0 Å². The molecule has 0 bridgehead atoms. The van der Waals surface area contributed by atoms with Gasteiger partial charge in [-0.15, -0.1) is 0 Å². The van der Waals surface area contributed by atoms with Crippen LogP contribution in [0.1, 0.15) is 12.5 Å². The minimum Gasteiger partial charge on any atom is -0.361 e. The van der Waals surface area contributed by atoms with E-state index >= 15 is 0 Å². The number of carbonyl (C=O) groups is 1. The standard InChI is InChI=1S/C12H11NO/c1-9(14)2-3-10-4-5-11-6-7-13-12(11)8-10/h2-8,13H,1H3. The summed E-state index contributed by atoms with van der Waals surface area (Å²) in [4.78, 5) is 13.9. The molecule has 1 aromatic carbocycles. The summed E-state index contributed by atoms with van der Waals surface area (Å²) in [6.45, 7) is 1.55. The first kappa shape index (κ1) is 8.75. The van der Waals surface area contributed by atoms with E-state index in [0.29, 0.717) is 0 Å². The van der Waals surface area contributed by atoms with Crippen molar-refractivity contribution in [1.82, 2.24) is 4.98 Å². The van der Waals surface area contributed by atoms with Crippen LogP contribution in [0.2, 0.25) is 0 Å². The van der Waals surface area contributed by atoms with Crippen LogP contribution in [0.25, 0.3) is 17.0 Å². The number of ketones is 1. The summed E-state index contributed by atoms with van der Waals surface area (Å²) in [5.41, 5.74) is 2.13. The first-order chi connectivity index (χ1) is 6.75. The molecule has 0 amide bonds. The highest BCUT2D eigenvalue weighted by atomic mass is 16.1. The second-order valence-corrected chi connectivity index (χ2v) is 3.27. The summed E-state index contributed by atoms with van der Waals surface area (Å²) in [6.07, 6.45) is 5.30. The number of nitrogens with one attached hydrogen (secondary N) is 1. The minimum absolute atomic E-state index is 0.0663. The maximum Gasteiger partial charge on any atom is 0.152 e. The Morgan fingerprint density at radius 3 is 3.00 bits per heavy atom. The quantitative estimate of drug-likeness (QED) is 0.717. The van der Waals surface area contributed by atoms with Crippen molar-refractivity contribution >= 4 is 22.8 Å². The molecule has 2 aromatic rings. The van der Waals surface area contributed by atoms with Gasteiger partial charge in [0.25, 0.3) is 0 Å². The predicted molar refractivity (Wildman–Crippen MR) is 58.0 cm³/mol. The van der Waals surface area contributed by atoms with Gasteiger partial charge in [0.05, 0.1) is 0 Å². The van der Waals surface area contributed by atoms with Crippen molar-refractivity contribution in [3.63, 3.8) is 0 Å². The molecule has 0 atom stereocenters. The largest absolute Gasteiger partial charge is 0.361 e. The van der Waals surface area contributed by atoms with E-state index in [2.05, 4.69) is 4.98 Å². The van der Waals surface area contributed by atoms with Crippen LogP contribution in [0.3, 0.4) is 0 Å². The fourth-order valence-electron chi connectivity index (χ4n) is 1.38. The number of rotatable bonds is 2. The van der Waals surface area contributed by atoms with E-state index in [9.17, 15) is 4.79 Å². The Morgan fingerprint density at radius 2 is 2.21 bits per heavy atom. The number of fused-ring (bicyclic) bond motifs is 1. The molecule has 0 fully saturated rings. The van der Waals surface area contributed by atoms with Gasteiger partial charge in [0.1, 0.15) is 0 Å². The minimum atomic E-state index is 0.0663. The van der Waals surface area contributed by atoms with Crippen LogP contribution >= 0.6 is 0 Å². The topological polar surface area (TPSA) is 32.9 Å². The fraction of sp³-hybridized carbons (Fsp3) is 0.0833. The number of H-pyrrole nitrogens is 1. The molecule has 70 valence electrons. The van der Waals surface area contributed by atoms with Crippen LogP contribution < -0.4 is 0 Å². The van der Waals surface area contributed by atoms with Crippen molar-refractivity contribution in [1.29, 1.82) is 0 Å². The van der Waals surface area contributed by atoms with Crippen molar-refractivity contribution in [2.45, 2.75) is 6.92 Å². The zero-order chi connectivity index (χ0) is 9.97. The number of benzene rings is 1. The first-order valence-electron chi connectivity index (χ1n) is 4.51. The Morgan fingerprint density at radius 1 is 1.36 bits per heavy atom. The maximum absolute atomic E-state index is 10.7. The van der Waals surface area contributed by atoms with E-state index in [1.807, 2.05) is 36.5 Å². The number of aromatic amines is 1. The van der Waals surface area contributed by atoms with Gasteiger partial charge in [0.15, 0.2) is 5.78 Å². The molecule has 0 spiro atoms. The van der Waals surface area contributed by atoms with Crippen LogP contribution in [0.5, 0.6) is 0 Å². The molecule has 1 heterocycles. The Bertz CT molecular complexity index is 494. The second-order valence-electron chi connectivity index (χ2n) is 3.27. The van der Waals surface area contributed by atoms with E-state index in [-0.39, 0.29) is 5.78 Å². The molecular weight excluding hydrogens is 174 g/mol. The smallest absolute Gasteiger partial charge is 0.152 e. The number of allylic oxidation sites excluding steroid dienone is 1. The molecule has 0 aliphatic heterocycles. The number of aromatic nitrogens is 1. The van der Waals surface area contributed by atoms with Gasteiger partial charge < -0.3 is 4.98 Å². The summed E-state index contributed by atoms with van der Waals surface area (Å²) in [6, 6.07) is 8.07. The number of hydrogen-bond acceptors (Lipinski definition) is 1. The van der Waals surface area contributed by atoms with Crippen molar-refractivity contribution in [3.8, 4) is 0 Å². The van der Waals surface area contributed by atoms with E-state index < -0.39 is 0 Å². The highest BCUT2D eigenvalue weighted by molar-refractivity contribution is 5.92. The van der Waals surface area contributed by atoms with Crippen LogP contribution in [0.4, 0.5) is 0 Å². The van der Waals surface area contributed by atoms with E-state index in [0.717, 1.165) is 11.1 Å². The molecule has 14 heavy (non-hydrogen) atoms. The SMILES string of the molecule is CC(=O)C=Cc1ccc2cc[nH]c2c1. The molecule has 2 heteroatoms. The zero-order valence-electron chi connectivity index (χ0n) is 7.95.